The van der Waals surface area contributed by atoms with Crippen LogP contribution in [0.3, 0.4) is 0 Å². The maximum atomic E-state index is 11.6. The fraction of sp³-hybridized carbons (Fsp3) is 0.667. The SMILES string of the molecule is C=CC[C@@]12[C@@H](C[C@@H](C)C[C@H]1O)C[C@@H](O)[C@@]2(O)CCCOCc1ccc(OC)cc1. The molecule has 5 nitrogen and oxygen atoms in total. The van der Waals surface area contributed by atoms with Crippen LogP contribution < -0.4 is 4.74 Å². The number of rotatable bonds is 9. The summed E-state index contributed by atoms with van der Waals surface area (Å²) in [5.41, 5.74) is -0.962. The Balaban J connectivity index is 1.61. The van der Waals surface area contributed by atoms with Gasteiger partial charge in [0.25, 0.3) is 0 Å². The van der Waals surface area contributed by atoms with E-state index in [1.807, 2.05) is 24.3 Å². The number of hydrogen-bond acceptors (Lipinski definition) is 5. The first-order chi connectivity index (χ1) is 13.9. The lowest BCUT2D eigenvalue weighted by Gasteiger charge is -2.53. The third-order valence-electron chi connectivity index (χ3n) is 7.26. The summed E-state index contributed by atoms with van der Waals surface area (Å²) in [6.45, 7) is 6.99. The molecule has 2 aliphatic rings. The predicted octanol–water partition coefficient (Wildman–Crippen LogP) is 3.46. The maximum Gasteiger partial charge on any atom is 0.118 e. The first kappa shape index (κ1) is 22.3. The molecule has 0 amide bonds. The monoisotopic (exact) mass is 404 g/mol. The molecule has 0 aliphatic heterocycles. The Labute approximate surface area is 174 Å². The fourth-order valence-corrected chi connectivity index (χ4v) is 5.85. The molecule has 5 heteroatoms. The van der Waals surface area contributed by atoms with Gasteiger partial charge in [-0.25, -0.2) is 0 Å². The molecule has 2 fully saturated rings. The summed E-state index contributed by atoms with van der Waals surface area (Å²) < 4.78 is 10.9. The van der Waals surface area contributed by atoms with Gasteiger partial charge in [0, 0.05) is 12.0 Å². The largest absolute Gasteiger partial charge is 0.497 e. The Bertz CT molecular complexity index is 674. The van der Waals surface area contributed by atoms with Crippen molar-refractivity contribution in [3.8, 4) is 5.75 Å². The molecule has 0 spiro atoms. The van der Waals surface area contributed by atoms with Gasteiger partial charge in [-0.3, -0.25) is 0 Å². The lowest BCUT2D eigenvalue weighted by molar-refractivity contribution is -0.194. The molecule has 3 N–H and O–H groups in total. The molecular formula is C24H36O5. The van der Waals surface area contributed by atoms with Crippen LogP contribution in [0.15, 0.2) is 36.9 Å². The van der Waals surface area contributed by atoms with Crippen LogP contribution >= 0.6 is 0 Å². The van der Waals surface area contributed by atoms with Crippen LogP contribution in [0.4, 0.5) is 0 Å². The normalized spacial score (nSPS) is 36.6. The molecular weight excluding hydrogens is 368 g/mol. The van der Waals surface area contributed by atoms with Crippen LogP contribution in [0.2, 0.25) is 0 Å². The van der Waals surface area contributed by atoms with E-state index in [-0.39, 0.29) is 5.92 Å². The molecule has 2 aliphatic carbocycles. The molecule has 29 heavy (non-hydrogen) atoms. The average Bonchev–Trinajstić information content (AvgIpc) is 2.90. The van der Waals surface area contributed by atoms with E-state index in [0.29, 0.717) is 51.2 Å². The number of allylic oxidation sites excluding steroid dienone is 1. The molecule has 0 heterocycles. The van der Waals surface area contributed by atoms with Crippen molar-refractivity contribution in [3.63, 3.8) is 0 Å². The van der Waals surface area contributed by atoms with Crippen LogP contribution in [0, 0.1) is 17.3 Å². The molecule has 1 aromatic rings. The van der Waals surface area contributed by atoms with Crippen LogP contribution in [-0.4, -0.2) is 46.8 Å². The summed E-state index contributed by atoms with van der Waals surface area (Å²) in [5.74, 6) is 1.32. The maximum absolute atomic E-state index is 11.6. The average molecular weight is 405 g/mol. The number of ether oxygens (including phenoxy) is 2. The predicted molar refractivity (Wildman–Crippen MR) is 113 cm³/mol. The zero-order chi connectivity index (χ0) is 21.1. The topological polar surface area (TPSA) is 79.2 Å². The molecule has 2 saturated carbocycles. The molecule has 0 saturated heterocycles. The molecule has 1 aromatic carbocycles. The quantitative estimate of drug-likeness (QED) is 0.434. The molecule has 0 aromatic heterocycles. The van der Waals surface area contributed by atoms with Crippen LogP contribution in [0.25, 0.3) is 0 Å². The van der Waals surface area contributed by atoms with Crippen molar-refractivity contribution in [1.29, 1.82) is 0 Å². The van der Waals surface area contributed by atoms with E-state index in [2.05, 4.69) is 13.5 Å². The summed E-state index contributed by atoms with van der Waals surface area (Å²) >= 11 is 0. The second-order valence-electron chi connectivity index (χ2n) is 9.00. The summed E-state index contributed by atoms with van der Waals surface area (Å²) in [7, 11) is 1.64. The minimum atomic E-state index is -1.31. The van der Waals surface area contributed by atoms with E-state index in [1.165, 1.54) is 0 Å². The fourth-order valence-electron chi connectivity index (χ4n) is 5.85. The van der Waals surface area contributed by atoms with Crippen LogP contribution in [-0.2, 0) is 11.3 Å². The minimum absolute atomic E-state index is 0.111. The van der Waals surface area contributed by atoms with E-state index < -0.39 is 23.2 Å². The number of aliphatic hydroxyl groups is 3. The Morgan fingerprint density at radius 1 is 1.14 bits per heavy atom. The summed E-state index contributed by atoms with van der Waals surface area (Å²) in [6, 6.07) is 7.74. The molecule has 162 valence electrons. The van der Waals surface area contributed by atoms with Gasteiger partial charge in [0.2, 0.25) is 0 Å². The van der Waals surface area contributed by atoms with E-state index in [0.717, 1.165) is 17.7 Å². The van der Waals surface area contributed by atoms with Crippen molar-refractivity contribution < 1.29 is 24.8 Å². The highest BCUT2D eigenvalue weighted by molar-refractivity contribution is 5.26. The number of hydrogen-bond donors (Lipinski definition) is 3. The van der Waals surface area contributed by atoms with Gasteiger partial charge >= 0.3 is 0 Å². The van der Waals surface area contributed by atoms with E-state index in [4.69, 9.17) is 9.47 Å². The molecule has 0 radical (unpaired) electrons. The zero-order valence-electron chi connectivity index (χ0n) is 17.7. The highest BCUT2D eigenvalue weighted by atomic mass is 16.5. The lowest BCUT2D eigenvalue weighted by atomic mass is 9.56. The summed E-state index contributed by atoms with van der Waals surface area (Å²) in [4.78, 5) is 0. The first-order valence-corrected chi connectivity index (χ1v) is 10.8. The van der Waals surface area contributed by atoms with E-state index in [1.54, 1.807) is 13.2 Å². The molecule has 3 rings (SSSR count). The third-order valence-corrected chi connectivity index (χ3v) is 7.26. The molecule has 6 atom stereocenters. The van der Waals surface area contributed by atoms with Gasteiger partial charge in [-0.05, 0) is 68.1 Å². The highest BCUT2D eigenvalue weighted by Gasteiger charge is 2.67. The molecule has 0 unspecified atom stereocenters. The third kappa shape index (κ3) is 4.11. The summed E-state index contributed by atoms with van der Waals surface area (Å²) in [5, 5.41) is 33.5. The number of methoxy groups -OCH3 is 1. The lowest BCUT2D eigenvalue weighted by Crippen LogP contribution is -2.60. The Morgan fingerprint density at radius 2 is 1.86 bits per heavy atom. The van der Waals surface area contributed by atoms with Crippen molar-refractivity contribution in [2.45, 2.75) is 69.9 Å². The highest BCUT2D eigenvalue weighted by Crippen LogP contribution is 2.62. The number of fused-ring (bicyclic) bond motifs is 1. The Morgan fingerprint density at radius 3 is 2.52 bits per heavy atom. The van der Waals surface area contributed by atoms with Gasteiger partial charge in [0.05, 0.1) is 31.5 Å². The van der Waals surface area contributed by atoms with Crippen LogP contribution in [0.5, 0.6) is 5.75 Å². The van der Waals surface area contributed by atoms with E-state index >= 15 is 0 Å². The number of aliphatic hydroxyl groups excluding tert-OH is 2. The van der Waals surface area contributed by atoms with Gasteiger partial charge in [-0.2, -0.15) is 0 Å². The summed E-state index contributed by atoms with van der Waals surface area (Å²) in [6.07, 6.45) is 4.01. The second kappa shape index (κ2) is 9.17. The van der Waals surface area contributed by atoms with Gasteiger partial charge in [-0.1, -0.05) is 25.1 Å². The van der Waals surface area contributed by atoms with Crippen molar-refractivity contribution in [2.75, 3.05) is 13.7 Å². The van der Waals surface area contributed by atoms with Crippen molar-refractivity contribution in [1.82, 2.24) is 0 Å². The minimum Gasteiger partial charge on any atom is -0.497 e. The van der Waals surface area contributed by atoms with Crippen molar-refractivity contribution >= 4 is 0 Å². The Kier molecular flexibility index (Phi) is 7.05. The Hall–Kier alpha value is -1.40. The van der Waals surface area contributed by atoms with Crippen molar-refractivity contribution in [2.24, 2.45) is 17.3 Å². The first-order valence-electron chi connectivity index (χ1n) is 10.8. The molecule has 0 bridgehead atoms. The standard InChI is InChI=1S/C24H36O5/c1-4-10-23-19(13-17(2)14-21(23)25)15-22(26)24(23,27)11-5-12-29-16-18-6-8-20(28-3)9-7-18/h4,6-9,17,19,21-22,25-27H,1,5,10-16H2,2-3H3/t17-,19+,21-,22-,23-,24+/m1/s1. The second-order valence-corrected chi connectivity index (χ2v) is 9.00. The number of benzene rings is 1. The van der Waals surface area contributed by atoms with Gasteiger partial charge < -0.3 is 24.8 Å². The van der Waals surface area contributed by atoms with Crippen LogP contribution in [0.1, 0.15) is 51.0 Å². The van der Waals surface area contributed by atoms with Gasteiger partial charge in [-0.15, -0.1) is 6.58 Å². The zero-order valence-corrected chi connectivity index (χ0v) is 17.7. The smallest absolute Gasteiger partial charge is 0.118 e. The van der Waals surface area contributed by atoms with Gasteiger partial charge in [0.15, 0.2) is 0 Å². The van der Waals surface area contributed by atoms with E-state index in [9.17, 15) is 15.3 Å². The van der Waals surface area contributed by atoms with Crippen molar-refractivity contribution in [3.05, 3.63) is 42.5 Å². The van der Waals surface area contributed by atoms with Gasteiger partial charge in [0.1, 0.15) is 5.75 Å².